The monoisotopic (exact) mass is 660 g/mol. The summed E-state index contributed by atoms with van der Waals surface area (Å²) in [5.74, 6) is 0.650. The van der Waals surface area contributed by atoms with Crippen LogP contribution in [0, 0.1) is 0 Å². The highest BCUT2D eigenvalue weighted by Crippen LogP contribution is 2.40. The molecule has 2 aromatic heterocycles. The molecular weight excluding hydrogens is 632 g/mol. The molecule has 236 valence electrons. The average molecular weight is 661 g/mol. The van der Waals surface area contributed by atoms with Crippen LogP contribution >= 0.6 is 11.6 Å². The molecule has 9 rings (SSSR count). The highest BCUT2D eigenvalue weighted by Gasteiger charge is 2.16. The Kier molecular flexibility index (Phi) is 7.53. The van der Waals surface area contributed by atoms with Crippen LogP contribution in [0.5, 0.6) is 0 Å². The van der Waals surface area contributed by atoms with Gasteiger partial charge in [-0.15, -0.1) is 0 Å². The van der Waals surface area contributed by atoms with E-state index in [-0.39, 0.29) is 0 Å². The molecule has 0 amide bonds. The number of aromatic nitrogens is 2. The topological polar surface area (TPSA) is 38.9 Å². The Morgan fingerprint density at radius 1 is 0.360 bits per heavy atom. The van der Waals surface area contributed by atoms with Crippen LogP contribution in [-0.4, -0.2) is 9.97 Å². The lowest BCUT2D eigenvalue weighted by Crippen LogP contribution is -1.96. The second-order valence-electron chi connectivity index (χ2n) is 12.4. The van der Waals surface area contributed by atoms with Crippen molar-refractivity contribution in [3.63, 3.8) is 0 Å². The summed E-state index contributed by atoms with van der Waals surface area (Å²) in [6.07, 6.45) is 0. The van der Waals surface area contributed by atoms with Crippen LogP contribution in [0.3, 0.4) is 0 Å². The first-order valence-electron chi connectivity index (χ1n) is 16.6. The van der Waals surface area contributed by atoms with E-state index in [9.17, 15) is 0 Å². The Morgan fingerprint density at radius 2 is 0.880 bits per heavy atom. The summed E-state index contributed by atoms with van der Waals surface area (Å²) in [5.41, 5.74) is 13.2. The van der Waals surface area contributed by atoms with Gasteiger partial charge >= 0.3 is 0 Å². The molecule has 0 fully saturated rings. The number of furan rings is 1. The molecule has 9 aromatic rings. The van der Waals surface area contributed by atoms with Crippen molar-refractivity contribution in [3.05, 3.63) is 181 Å². The molecule has 7 aromatic carbocycles. The van der Waals surface area contributed by atoms with E-state index in [0.29, 0.717) is 10.8 Å². The van der Waals surface area contributed by atoms with Gasteiger partial charge in [0.05, 0.1) is 11.4 Å². The van der Waals surface area contributed by atoms with Crippen molar-refractivity contribution in [2.24, 2.45) is 0 Å². The van der Waals surface area contributed by atoms with Crippen molar-refractivity contribution in [2.45, 2.75) is 0 Å². The minimum atomic E-state index is 0.650. The van der Waals surface area contributed by atoms with Crippen molar-refractivity contribution >= 4 is 33.5 Å². The molecule has 0 atom stereocenters. The third-order valence-electron chi connectivity index (χ3n) is 9.17. The third-order valence-corrected chi connectivity index (χ3v) is 9.42. The Balaban J connectivity index is 1.15. The van der Waals surface area contributed by atoms with E-state index >= 15 is 0 Å². The molecule has 0 spiro atoms. The summed E-state index contributed by atoms with van der Waals surface area (Å²) in [5, 5.41) is 2.87. The summed E-state index contributed by atoms with van der Waals surface area (Å²) in [4.78, 5) is 9.99. The molecule has 0 aliphatic heterocycles. The predicted molar refractivity (Wildman–Crippen MR) is 207 cm³/mol. The maximum absolute atomic E-state index is 6.59. The average Bonchev–Trinajstić information content (AvgIpc) is 3.55. The number of benzene rings is 7. The van der Waals surface area contributed by atoms with Gasteiger partial charge in [0, 0.05) is 32.5 Å². The second-order valence-corrected chi connectivity index (χ2v) is 12.8. The van der Waals surface area contributed by atoms with Crippen molar-refractivity contribution in [2.75, 3.05) is 0 Å². The van der Waals surface area contributed by atoms with Gasteiger partial charge in [-0.1, -0.05) is 127 Å². The van der Waals surface area contributed by atoms with Crippen LogP contribution in [0.1, 0.15) is 0 Å². The van der Waals surface area contributed by atoms with E-state index in [4.69, 9.17) is 26.0 Å². The van der Waals surface area contributed by atoms with Gasteiger partial charge in [0.15, 0.2) is 5.82 Å². The van der Waals surface area contributed by atoms with Gasteiger partial charge in [-0.25, -0.2) is 9.97 Å². The SMILES string of the molecule is Clc1ccc(-c2nc(-c3ccccc3)cc(-c3cccc(-c4ccc5c(c4)oc4cc(-c6ccccc6)c(-c6ccccc6)cc45)c3)n2)cc1. The fraction of sp³-hybridized carbons (Fsp3) is 0. The van der Waals surface area contributed by atoms with Crippen molar-refractivity contribution < 1.29 is 4.42 Å². The molecular formula is C46H29ClN2O. The smallest absolute Gasteiger partial charge is 0.160 e. The molecule has 0 saturated carbocycles. The molecule has 0 saturated heterocycles. The van der Waals surface area contributed by atoms with Crippen LogP contribution in [0.2, 0.25) is 5.02 Å². The second kappa shape index (κ2) is 12.6. The molecule has 0 aliphatic rings. The highest BCUT2D eigenvalue weighted by molar-refractivity contribution is 6.30. The number of rotatable bonds is 6. The molecule has 50 heavy (non-hydrogen) atoms. The summed E-state index contributed by atoms with van der Waals surface area (Å²) >= 11 is 6.21. The Hall–Kier alpha value is -6.29. The number of hydrogen-bond donors (Lipinski definition) is 0. The van der Waals surface area contributed by atoms with E-state index in [1.807, 2.05) is 48.5 Å². The van der Waals surface area contributed by atoms with Gasteiger partial charge in [0.1, 0.15) is 11.2 Å². The van der Waals surface area contributed by atoms with Crippen LogP contribution in [0.15, 0.2) is 180 Å². The maximum Gasteiger partial charge on any atom is 0.160 e. The maximum atomic E-state index is 6.59. The van der Waals surface area contributed by atoms with E-state index in [0.717, 1.165) is 72.3 Å². The normalized spacial score (nSPS) is 11.3. The fourth-order valence-electron chi connectivity index (χ4n) is 6.65. The number of fused-ring (bicyclic) bond motifs is 3. The number of hydrogen-bond acceptors (Lipinski definition) is 3. The molecule has 2 heterocycles. The summed E-state index contributed by atoms with van der Waals surface area (Å²) in [7, 11) is 0. The van der Waals surface area contributed by atoms with Gasteiger partial charge in [-0.05, 0) is 94.0 Å². The van der Waals surface area contributed by atoms with Gasteiger partial charge in [0.25, 0.3) is 0 Å². The molecule has 0 radical (unpaired) electrons. The first-order valence-corrected chi connectivity index (χ1v) is 17.0. The molecule has 0 aliphatic carbocycles. The van der Waals surface area contributed by atoms with E-state index in [1.54, 1.807) is 0 Å². The number of halogens is 1. The van der Waals surface area contributed by atoms with Crippen LogP contribution < -0.4 is 0 Å². The van der Waals surface area contributed by atoms with E-state index < -0.39 is 0 Å². The first-order chi connectivity index (χ1) is 24.7. The first kappa shape index (κ1) is 29.8. The molecule has 3 nitrogen and oxygen atoms in total. The lowest BCUT2D eigenvalue weighted by atomic mass is 9.92. The highest BCUT2D eigenvalue weighted by atomic mass is 35.5. The predicted octanol–water partition coefficient (Wildman–Crippen LogP) is 13.0. The third kappa shape index (κ3) is 5.64. The summed E-state index contributed by atoms with van der Waals surface area (Å²) in [6.45, 7) is 0. The lowest BCUT2D eigenvalue weighted by Gasteiger charge is -2.11. The van der Waals surface area contributed by atoms with Crippen LogP contribution in [-0.2, 0) is 0 Å². The lowest BCUT2D eigenvalue weighted by molar-refractivity contribution is 0.669. The van der Waals surface area contributed by atoms with Crippen molar-refractivity contribution in [3.8, 4) is 67.3 Å². The van der Waals surface area contributed by atoms with Gasteiger partial charge < -0.3 is 4.42 Å². The van der Waals surface area contributed by atoms with Crippen LogP contribution in [0.4, 0.5) is 0 Å². The zero-order chi connectivity index (χ0) is 33.4. The Bertz CT molecular complexity index is 2630. The van der Waals surface area contributed by atoms with Gasteiger partial charge in [-0.3, -0.25) is 0 Å². The Morgan fingerprint density at radius 3 is 1.56 bits per heavy atom. The minimum absolute atomic E-state index is 0.650. The van der Waals surface area contributed by atoms with E-state index in [2.05, 4.69) is 127 Å². The summed E-state index contributed by atoms with van der Waals surface area (Å²) in [6, 6.07) is 60.5. The quantitative estimate of drug-likeness (QED) is 0.178. The van der Waals surface area contributed by atoms with E-state index in [1.165, 1.54) is 11.1 Å². The van der Waals surface area contributed by atoms with Gasteiger partial charge in [0.2, 0.25) is 0 Å². The largest absolute Gasteiger partial charge is 0.456 e. The van der Waals surface area contributed by atoms with Crippen molar-refractivity contribution in [1.82, 2.24) is 9.97 Å². The molecule has 0 N–H and O–H groups in total. The van der Waals surface area contributed by atoms with Gasteiger partial charge in [-0.2, -0.15) is 0 Å². The van der Waals surface area contributed by atoms with Crippen molar-refractivity contribution in [1.29, 1.82) is 0 Å². The zero-order valence-electron chi connectivity index (χ0n) is 26.9. The molecule has 4 heteroatoms. The van der Waals surface area contributed by atoms with Crippen LogP contribution in [0.25, 0.3) is 89.2 Å². The fourth-order valence-corrected chi connectivity index (χ4v) is 6.78. The zero-order valence-corrected chi connectivity index (χ0v) is 27.7. The molecule has 0 bridgehead atoms. The number of nitrogens with zero attached hydrogens (tertiary/aromatic N) is 2. The minimum Gasteiger partial charge on any atom is -0.456 e. The molecule has 0 unspecified atom stereocenters. The Labute approximate surface area is 295 Å². The summed E-state index contributed by atoms with van der Waals surface area (Å²) < 4.78 is 6.59. The standard InChI is InChI=1S/C46H29ClN2O/c47-37-22-19-33(20-23-37)46-48-42(32-15-8-3-9-16-32)29-43(49-46)36-18-10-17-34(25-36)35-21-24-38-41-27-39(30-11-4-1-5-12-30)40(31-13-6-2-7-14-31)28-45(41)50-44(38)26-35/h1-29H.